The first kappa shape index (κ1) is 40.9. The van der Waals surface area contributed by atoms with Crippen LogP contribution in [0.5, 0.6) is 5.75 Å². The van der Waals surface area contributed by atoms with Crippen LogP contribution in [-0.2, 0) is 9.53 Å². The highest BCUT2D eigenvalue weighted by Crippen LogP contribution is 2.48. The fourth-order valence-electron chi connectivity index (χ4n) is 7.59. The van der Waals surface area contributed by atoms with Gasteiger partial charge in [0.05, 0.1) is 15.1 Å². The second-order valence-corrected chi connectivity index (χ2v) is 21.0. The summed E-state index contributed by atoms with van der Waals surface area (Å²) in [6.07, 6.45) is 3.84. The smallest absolute Gasteiger partial charge is 0.339 e. The molecule has 0 aliphatic carbocycles. The molecule has 4 rings (SSSR count). The van der Waals surface area contributed by atoms with E-state index in [0.717, 1.165) is 33.5 Å². The van der Waals surface area contributed by atoms with Gasteiger partial charge in [-0.1, -0.05) is 46.8 Å². The average Bonchev–Trinajstić information content (AvgIpc) is 2.97. The summed E-state index contributed by atoms with van der Waals surface area (Å²) in [7, 11) is 2.17. The summed E-state index contributed by atoms with van der Waals surface area (Å²) in [6.45, 7) is 17.5. The first-order valence-electron chi connectivity index (χ1n) is 16.6. The standard InChI is InChI=1S/C37H50I4N2O5/c1-34(2,3)29-18-24(47-33(45)25-16-23(38)17-27(40)31(25)41)19-30(43(29)46)35(4,5)14-15-37(8)21-22(20-36(6,7)42(37)9)32(44)48-28-13-11-10-12-26(28)39/h10-13,16-17,22,24,29-30,46H,14-15,18-21H2,1-9H3. The summed E-state index contributed by atoms with van der Waals surface area (Å²) >= 11 is 8.94. The number of rotatable bonds is 8. The molecule has 2 aliphatic rings. The van der Waals surface area contributed by atoms with Crippen LogP contribution in [0.25, 0.3) is 0 Å². The Morgan fingerprint density at radius 3 is 2.19 bits per heavy atom. The molecule has 2 saturated heterocycles. The largest absolute Gasteiger partial charge is 0.459 e. The van der Waals surface area contributed by atoms with Gasteiger partial charge in [-0.3, -0.25) is 9.69 Å². The van der Waals surface area contributed by atoms with Crippen LogP contribution < -0.4 is 4.74 Å². The zero-order chi connectivity index (χ0) is 36.0. The van der Waals surface area contributed by atoms with Gasteiger partial charge in [-0.15, -0.1) is 0 Å². The Morgan fingerprint density at radius 2 is 1.56 bits per heavy atom. The highest BCUT2D eigenvalue weighted by atomic mass is 127. The number of nitrogens with zero attached hydrogens (tertiary/aromatic N) is 2. The van der Waals surface area contributed by atoms with Crippen molar-refractivity contribution in [1.82, 2.24) is 9.96 Å². The maximum atomic E-state index is 13.6. The van der Waals surface area contributed by atoms with Crippen LogP contribution in [0.2, 0.25) is 0 Å². The van der Waals surface area contributed by atoms with Crippen LogP contribution in [0.1, 0.15) is 104 Å². The lowest BCUT2D eigenvalue weighted by Crippen LogP contribution is -2.62. The Hall–Kier alpha value is 0.180. The first-order valence-corrected chi connectivity index (χ1v) is 20.9. The van der Waals surface area contributed by atoms with Crippen molar-refractivity contribution in [3.63, 3.8) is 0 Å². The third-order valence-corrected chi connectivity index (χ3v) is 15.4. The molecular weight excluding hydrogens is 1060 g/mol. The van der Waals surface area contributed by atoms with Gasteiger partial charge in [-0.05, 0) is 179 Å². The summed E-state index contributed by atoms with van der Waals surface area (Å²) < 4.78 is 16.1. The Kier molecular flexibility index (Phi) is 13.3. The van der Waals surface area contributed by atoms with Crippen molar-refractivity contribution >= 4 is 102 Å². The lowest BCUT2D eigenvalue weighted by atomic mass is 9.67. The number of hydroxylamine groups is 2. The number of benzene rings is 2. The van der Waals surface area contributed by atoms with Gasteiger partial charge in [0.15, 0.2) is 0 Å². The SMILES string of the molecule is CN1C(C)(C)CC(C(=O)Oc2ccccc2I)CC1(C)CCC(C)(C)C1CC(OC(=O)c2cc(I)cc(I)c2I)CC(C(C)(C)C)N1O. The predicted molar refractivity (Wildman–Crippen MR) is 224 cm³/mol. The van der Waals surface area contributed by atoms with Gasteiger partial charge < -0.3 is 14.7 Å². The molecule has 2 aromatic rings. The molecule has 5 unspecified atom stereocenters. The summed E-state index contributed by atoms with van der Waals surface area (Å²) in [6, 6.07) is 11.2. The number of ether oxygens (including phenoxy) is 2. The second-order valence-electron chi connectivity index (χ2n) is 16.3. The van der Waals surface area contributed by atoms with E-state index in [2.05, 4.69) is 164 Å². The number of likely N-dealkylation sites (tertiary alicyclic amines) is 1. The Bertz CT molecular complexity index is 1510. The van der Waals surface area contributed by atoms with Crippen LogP contribution in [0.4, 0.5) is 0 Å². The number of halogens is 4. The molecule has 2 fully saturated rings. The minimum absolute atomic E-state index is 0.172. The fraction of sp³-hybridized carbons (Fsp3) is 0.622. The maximum absolute atomic E-state index is 13.6. The van der Waals surface area contributed by atoms with Crippen LogP contribution in [0.15, 0.2) is 36.4 Å². The molecule has 0 radical (unpaired) electrons. The molecule has 11 heteroatoms. The molecule has 0 saturated carbocycles. The van der Waals surface area contributed by atoms with Crippen molar-refractivity contribution in [3.05, 3.63) is 56.2 Å². The molecule has 0 amide bonds. The van der Waals surface area contributed by atoms with E-state index in [-0.39, 0.29) is 58.0 Å². The third-order valence-electron chi connectivity index (χ3n) is 10.8. The molecule has 48 heavy (non-hydrogen) atoms. The summed E-state index contributed by atoms with van der Waals surface area (Å²) in [4.78, 5) is 29.6. The fourth-order valence-corrected chi connectivity index (χ4v) is 10.5. The first-order chi connectivity index (χ1) is 22.1. The Labute approximate surface area is 341 Å². The molecule has 7 nitrogen and oxygen atoms in total. The van der Waals surface area contributed by atoms with Crippen LogP contribution >= 0.6 is 90.4 Å². The number of piperidine rings is 2. The lowest BCUT2D eigenvalue weighted by Gasteiger charge is -2.56. The Morgan fingerprint density at radius 1 is 0.938 bits per heavy atom. The van der Waals surface area contributed by atoms with Crippen LogP contribution in [0.3, 0.4) is 0 Å². The molecule has 2 heterocycles. The normalized spacial score (nSPS) is 27.0. The number of para-hydroxylation sites is 1. The van der Waals surface area contributed by atoms with Gasteiger partial charge in [0.2, 0.25) is 0 Å². The third kappa shape index (κ3) is 9.39. The van der Waals surface area contributed by atoms with E-state index in [4.69, 9.17) is 9.47 Å². The van der Waals surface area contributed by atoms with Crippen molar-refractivity contribution in [2.45, 2.75) is 123 Å². The average molecular weight is 1110 g/mol. The minimum atomic E-state index is -0.326. The molecule has 266 valence electrons. The summed E-state index contributed by atoms with van der Waals surface area (Å²) in [5.74, 6) is -0.101. The summed E-state index contributed by atoms with van der Waals surface area (Å²) in [5.41, 5.74) is -0.442. The number of carbonyl (C=O) groups excluding carboxylic acids is 2. The molecule has 2 aromatic carbocycles. The van der Waals surface area contributed by atoms with E-state index in [1.807, 2.05) is 30.3 Å². The number of carbonyl (C=O) groups is 2. The van der Waals surface area contributed by atoms with Crippen molar-refractivity contribution in [3.8, 4) is 5.75 Å². The highest BCUT2D eigenvalue weighted by molar-refractivity contribution is 14.1. The van der Waals surface area contributed by atoms with Gasteiger partial charge in [-0.2, -0.15) is 5.06 Å². The van der Waals surface area contributed by atoms with E-state index in [1.54, 1.807) is 5.06 Å². The van der Waals surface area contributed by atoms with Gasteiger partial charge in [0, 0.05) is 46.7 Å². The maximum Gasteiger partial charge on any atom is 0.339 e. The van der Waals surface area contributed by atoms with Gasteiger partial charge in [0.25, 0.3) is 0 Å². The lowest BCUT2D eigenvalue weighted by molar-refractivity contribution is -0.240. The molecule has 5 atom stereocenters. The van der Waals surface area contributed by atoms with E-state index in [9.17, 15) is 14.8 Å². The predicted octanol–water partition coefficient (Wildman–Crippen LogP) is 10.2. The van der Waals surface area contributed by atoms with Gasteiger partial charge in [-0.25, -0.2) is 4.79 Å². The molecule has 0 spiro atoms. The van der Waals surface area contributed by atoms with Gasteiger partial charge in [0.1, 0.15) is 11.9 Å². The van der Waals surface area contributed by atoms with Crippen molar-refractivity contribution in [1.29, 1.82) is 0 Å². The number of hydrogen-bond acceptors (Lipinski definition) is 7. The molecular formula is C37H50I4N2O5. The van der Waals surface area contributed by atoms with E-state index in [1.165, 1.54) is 0 Å². The second kappa shape index (κ2) is 15.7. The quantitative estimate of drug-likeness (QED) is 0.122. The van der Waals surface area contributed by atoms with Crippen molar-refractivity contribution < 1.29 is 24.3 Å². The number of hydrogen-bond donors (Lipinski definition) is 1. The summed E-state index contributed by atoms with van der Waals surface area (Å²) in [5, 5.41) is 13.4. The number of esters is 2. The van der Waals surface area contributed by atoms with Crippen molar-refractivity contribution in [2.75, 3.05) is 7.05 Å². The van der Waals surface area contributed by atoms with Crippen molar-refractivity contribution in [2.24, 2.45) is 16.7 Å². The van der Waals surface area contributed by atoms with E-state index >= 15 is 0 Å². The van der Waals surface area contributed by atoms with Gasteiger partial charge >= 0.3 is 11.9 Å². The monoisotopic (exact) mass is 1110 g/mol. The molecule has 0 bridgehead atoms. The highest BCUT2D eigenvalue weighted by Gasteiger charge is 2.51. The molecule has 2 aliphatic heterocycles. The molecule has 0 aromatic heterocycles. The van der Waals surface area contributed by atoms with E-state index < -0.39 is 0 Å². The van der Waals surface area contributed by atoms with Crippen LogP contribution in [0, 0.1) is 31.0 Å². The van der Waals surface area contributed by atoms with E-state index in [0.29, 0.717) is 30.6 Å². The zero-order valence-corrected chi connectivity index (χ0v) is 38.1. The minimum Gasteiger partial charge on any atom is -0.459 e. The zero-order valence-electron chi connectivity index (χ0n) is 29.5. The van der Waals surface area contributed by atoms with Crippen LogP contribution in [-0.4, -0.2) is 63.4 Å². The molecule has 1 N–H and O–H groups in total. The topological polar surface area (TPSA) is 79.3 Å². The Balaban J connectivity index is 1.54.